The second kappa shape index (κ2) is 7.40. The summed E-state index contributed by atoms with van der Waals surface area (Å²) in [6.45, 7) is 3.31. The molecule has 0 radical (unpaired) electrons. The molecule has 1 amide bonds. The number of rotatable bonds is 6. The zero-order valence-electron chi connectivity index (χ0n) is 13.6. The predicted molar refractivity (Wildman–Crippen MR) is 92.9 cm³/mol. The number of carbonyl (C=O) groups excluding carboxylic acids is 2. The maximum absolute atomic E-state index is 12.2. The first-order valence-corrected chi connectivity index (χ1v) is 9.13. The van der Waals surface area contributed by atoms with E-state index in [-0.39, 0.29) is 22.9 Å². The topological polar surface area (TPSA) is 80.3 Å². The van der Waals surface area contributed by atoms with Crippen molar-refractivity contribution in [3.05, 3.63) is 59.7 Å². The lowest BCUT2D eigenvalue weighted by Gasteiger charge is -2.07. The number of ketones is 1. The summed E-state index contributed by atoms with van der Waals surface area (Å²) in [5.41, 5.74) is 1.93. The molecule has 0 bridgehead atoms. The molecule has 2 aromatic rings. The highest BCUT2D eigenvalue weighted by molar-refractivity contribution is 7.91. The number of carbonyl (C=O) groups is 2. The van der Waals surface area contributed by atoms with Crippen LogP contribution in [-0.2, 0) is 14.6 Å². The van der Waals surface area contributed by atoms with Gasteiger partial charge in [0.25, 0.3) is 0 Å². The highest BCUT2D eigenvalue weighted by Gasteiger charge is 2.16. The Balaban J connectivity index is 1.99. The van der Waals surface area contributed by atoms with Crippen molar-refractivity contribution in [1.82, 2.24) is 0 Å². The highest BCUT2D eigenvalue weighted by Crippen LogP contribution is 2.15. The van der Waals surface area contributed by atoms with Crippen molar-refractivity contribution < 1.29 is 18.0 Å². The van der Waals surface area contributed by atoms with Crippen LogP contribution < -0.4 is 5.32 Å². The van der Waals surface area contributed by atoms with Gasteiger partial charge in [-0.3, -0.25) is 9.59 Å². The fraction of sp³-hybridized carbons (Fsp3) is 0.222. The summed E-state index contributed by atoms with van der Waals surface area (Å²) in [4.78, 5) is 23.5. The van der Waals surface area contributed by atoms with E-state index in [9.17, 15) is 18.0 Å². The standard InChI is InChI=1S/C18H19NO4S/c1-13-6-8-17(9-7-13)24(22,23)11-10-18(21)19-16-5-3-4-15(12-16)14(2)20/h3-9,12H,10-11H2,1-2H3,(H,19,21). The van der Waals surface area contributed by atoms with Gasteiger partial charge in [0.1, 0.15) is 0 Å². The Labute approximate surface area is 141 Å². The van der Waals surface area contributed by atoms with Crippen molar-refractivity contribution in [3.8, 4) is 0 Å². The molecule has 5 nitrogen and oxygen atoms in total. The van der Waals surface area contributed by atoms with Gasteiger partial charge in [0, 0.05) is 17.7 Å². The van der Waals surface area contributed by atoms with Crippen LogP contribution in [0.3, 0.4) is 0 Å². The summed E-state index contributed by atoms with van der Waals surface area (Å²) in [6, 6.07) is 13.1. The number of anilines is 1. The van der Waals surface area contributed by atoms with Crippen molar-refractivity contribution in [1.29, 1.82) is 0 Å². The van der Waals surface area contributed by atoms with E-state index in [2.05, 4.69) is 5.32 Å². The molecule has 0 fully saturated rings. The average Bonchev–Trinajstić information content (AvgIpc) is 2.54. The number of Topliss-reactive ketones (excluding diaryl/α,β-unsaturated/α-hetero) is 1. The maximum atomic E-state index is 12.2. The lowest BCUT2D eigenvalue weighted by molar-refractivity contribution is -0.115. The second-order valence-electron chi connectivity index (χ2n) is 5.57. The third kappa shape index (κ3) is 4.76. The summed E-state index contributed by atoms with van der Waals surface area (Å²) in [5, 5.41) is 2.61. The number of aryl methyl sites for hydroxylation is 1. The van der Waals surface area contributed by atoms with Gasteiger partial charge in [0.05, 0.1) is 10.6 Å². The number of sulfone groups is 1. The molecule has 24 heavy (non-hydrogen) atoms. The molecule has 126 valence electrons. The van der Waals surface area contributed by atoms with Gasteiger partial charge in [-0.1, -0.05) is 29.8 Å². The van der Waals surface area contributed by atoms with E-state index in [0.29, 0.717) is 11.3 Å². The van der Waals surface area contributed by atoms with Crippen LogP contribution in [0, 0.1) is 6.92 Å². The molecule has 0 aliphatic carbocycles. The third-order valence-electron chi connectivity index (χ3n) is 3.53. The average molecular weight is 345 g/mol. The second-order valence-corrected chi connectivity index (χ2v) is 7.68. The molecule has 0 unspecified atom stereocenters. The molecule has 0 saturated heterocycles. The molecular weight excluding hydrogens is 326 g/mol. The van der Waals surface area contributed by atoms with Gasteiger partial charge in [0.15, 0.2) is 15.6 Å². The van der Waals surface area contributed by atoms with Crippen LogP contribution in [0.25, 0.3) is 0 Å². The van der Waals surface area contributed by atoms with Gasteiger partial charge in [-0.05, 0) is 38.1 Å². The summed E-state index contributed by atoms with van der Waals surface area (Å²) in [6.07, 6.45) is -0.152. The van der Waals surface area contributed by atoms with E-state index in [1.807, 2.05) is 6.92 Å². The van der Waals surface area contributed by atoms with Crippen LogP contribution in [0.5, 0.6) is 0 Å². The molecule has 0 aliphatic rings. The number of hydrogen-bond donors (Lipinski definition) is 1. The Morgan fingerprint density at radius 2 is 1.71 bits per heavy atom. The van der Waals surface area contributed by atoms with E-state index < -0.39 is 15.7 Å². The van der Waals surface area contributed by atoms with Crippen molar-refractivity contribution in [3.63, 3.8) is 0 Å². The lowest BCUT2D eigenvalue weighted by Crippen LogP contribution is -2.17. The van der Waals surface area contributed by atoms with Crippen LogP contribution in [0.2, 0.25) is 0 Å². The van der Waals surface area contributed by atoms with Gasteiger partial charge in [-0.25, -0.2) is 8.42 Å². The van der Waals surface area contributed by atoms with E-state index in [1.54, 1.807) is 48.5 Å². The Morgan fingerprint density at radius 1 is 1.04 bits per heavy atom. The van der Waals surface area contributed by atoms with E-state index in [0.717, 1.165) is 5.56 Å². The fourth-order valence-electron chi connectivity index (χ4n) is 2.13. The minimum absolute atomic E-state index is 0.104. The summed E-state index contributed by atoms with van der Waals surface area (Å²) < 4.78 is 24.4. The Bertz CT molecular complexity index is 855. The number of benzene rings is 2. The van der Waals surface area contributed by atoms with E-state index >= 15 is 0 Å². The quantitative estimate of drug-likeness (QED) is 0.816. The summed E-state index contributed by atoms with van der Waals surface area (Å²) in [7, 11) is -3.50. The van der Waals surface area contributed by atoms with Gasteiger partial charge >= 0.3 is 0 Å². The minimum Gasteiger partial charge on any atom is -0.326 e. The zero-order valence-corrected chi connectivity index (χ0v) is 14.4. The Hall–Kier alpha value is -2.47. The molecule has 0 aromatic heterocycles. The van der Waals surface area contributed by atoms with E-state index in [1.165, 1.54) is 6.92 Å². The SMILES string of the molecule is CC(=O)c1cccc(NC(=O)CCS(=O)(=O)c2ccc(C)cc2)c1. The van der Waals surface area contributed by atoms with Crippen LogP contribution in [-0.4, -0.2) is 25.9 Å². The molecule has 0 atom stereocenters. The first-order chi connectivity index (χ1) is 11.3. The monoisotopic (exact) mass is 345 g/mol. The number of nitrogens with one attached hydrogen (secondary N) is 1. The van der Waals surface area contributed by atoms with Gasteiger partial charge < -0.3 is 5.32 Å². The van der Waals surface area contributed by atoms with Gasteiger partial charge in [-0.2, -0.15) is 0 Å². The molecule has 0 aliphatic heterocycles. The van der Waals surface area contributed by atoms with Gasteiger partial charge in [0.2, 0.25) is 5.91 Å². The highest BCUT2D eigenvalue weighted by atomic mass is 32.2. The molecule has 1 N–H and O–H groups in total. The van der Waals surface area contributed by atoms with Crippen molar-refractivity contribution in [2.24, 2.45) is 0 Å². The van der Waals surface area contributed by atoms with Crippen LogP contribution in [0.1, 0.15) is 29.3 Å². The van der Waals surface area contributed by atoms with Crippen LogP contribution >= 0.6 is 0 Å². The summed E-state index contributed by atoms with van der Waals surface area (Å²) >= 11 is 0. The van der Waals surface area contributed by atoms with Crippen LogP contribution in [0.4, 0.5) is 5.69 Å². The Morgan fingerprint density at radius 3 is 2.33 bits per heavy atom. The van der Waals surface area contributed by atoms with Gasteiger partial charge in [-0.15, -0.1) is 0 Å². The normalized spacial score (nSPS) is 11.1. The molecule has 2 rings (SSSR count). The summed E-state index contributed by atoms with van der Waals surface area (Å²) in [5.74, 6) is -0.784. The van der Waals surface area contributed by atoms with Crippen molar-refractivity contribution in [2.45, 2.75) is 25.2 Å². The first kappa shape index (κ1) is 17.9. The zero-order chi connectivity index (χ0) is 17.7. The molecular formula is C18H19NO4S. The maximum Gasteiger partial charge on any atom is 0.225 e. The largest absolute Gasteiger partial charge is 0.326 e. The third-order valence-corrected chi connectivity index (χ3v) is 5.26. The fourth-order valence-corrected chi connectivity index (χ4v) is 3.37. The first-order valence-electron chi connectivity index (χ1n) is 7.48. The molecule has 0 heterocycles. The van der Waals surface area contributed by atoms with Crippen LogP contribution in [0.15, 0.2) is 53.4 Å². The smallest absolute Gasteiger partial charge is 0.225 e. The Kier molecular flexibility index (Phi) is 5.51. The number of hydrogen-bond acceptors (Lipinski definition) is 4. The minimum atomic E-state index is -3.50. The van der Waals surface area contributed by atoms with Crippen molar-refractivity contribution in [2.75, 3.05) is 11.1 Å². The molecule has 0 saturated carbocycles. The lowest BCUT2D eigenvalue weighted by atomic mass is 10.1. The molecule has 6 heteroatoms. The van der Waals surface area contributed by atoms with E-state index in [4.69, 9.17) is 0 Å². The molecule has 2 aromatic carbocycles. The van der Waals surface area contributed by atoms with Crippen molar-refractivity contribution >= 4 is 27.2 Å². The predicted octanol–water partition coefficient (Wildman–Crippen LogP) is 3.00. The molecule has 0 spiro atoms. The number of amides is 1.